The lowest BCUT2D eigenvalue weighted by Crippen LogP contribution is -2.12. The normalized spacial score (nSPS) is 20.9. The summed E-state index contributed by atoms with van der Waals surface area (Å²) in [7, 11) is -3.12. The van der Waals surface area contributed by atoms with Crippen molar-refractivity contribution in [2.24, 2.45) is 0 Å². The van der Waals surface area contributed by atoms with Gasteiger partial charge in [-0.25, -0.2) is 8.42 Å². The van der Waals surface area contributed by atoms with Gasteiger partial charge in [-0.05, 0) is 25.5 Å². The Bertz CT molecular complexity index is 461. The van der Waals surface area contributed by atoms with Gasteiger partial charge in [0.25, 0.3) is 0 Å². The summed E-state index contributed by atoms with van der Waals surface area (Å²) in [5, 5.41) is 2.47. The minimum Gasteiger partial charge on any atom is -0.297 e. The van der Waals surface area contributed by atoms with Gasteiger partial charge in [-0.1, -0.05) is 17.7 Å². The van der Waals surface area contributed by atoms with E-state index >= 15 is 0 Å². The summed E-state index contributed by atoms with van der Waals surface area (Å²) in [6.07, 6.45) is 0. The van der Waals surface area contributed by atoms with Gasteiger partial charge in [0.05, 0.1) is 4.90 Å². The molecule has 0 bridgehead atoms. The van der Waals surface area contributed by atoms with Gasteiger partial charge in [-0.3, -0.25) is 5.32 Å². The maximum absolute atomic E-state index is 11.9. The summed E-state index contributed by atoms with van der Waals surface area (Å²) in [5.41, 5.74) is 1.92. The van der Waals surface area contributed by atoms with Crippen molar-refractivity contribution in [3.8, 4) is 0 Å². The largest absolute Gasteiger partial charge is 0.297 e. The minimum absolute atomic E-state index is 0.357. The molecular formula is C10H13NO2S. The molecule has 1 saturated heterocycles. The molecule has 0 radical (unpaired) electrons. The fraction of sp³-hybridized carbons (Fsp3) is 0.400. The molecule has 14 heavy (non-hydrogen) atoms. The number of benzene rings is 1. The molecule has 0 saturated carbocycles. The first-order valence-electron chi connectivity index (χ1n) is 4.56. The van der Waals surface area contributed by atoms with Crippen LogP contribution in [0.2, 0.25) is 0 Å². The zero-order chi connectivity index (χ0) is 10.3. The average molecular weight is 211 g/mol. The summed E-state index contributed by atoms with van der Waals surface area (Å²) in [6.45, 7) is 4.37. The zero-order valence-electron chi connectivity index (χ0n) is 8.24. The summed E-state index contributed by atoms with van der Waals surface area (Å²) in [5.74, 6) is 0. The van der Waals surface area contributed by atoms with Gasteiger partial charge in [0, 0.05) is 6.54 Å². The average Bonchev–Trinajstić information content (AvgIpc) is 2.84. The monoisotopic (exact) mass is 211 g/mol. The second-order valence-electron chi connectivity index (χ2n) is 3.71. The molecule has 1 aliphatic rings. The number of nitrogens with one attached hydrogen (secondary N) is 1. The van der Waals surface area contributed by atoms with Crippen LogP contribution in [0.3, 0.4) is 0 Å². The minimum atomic E-state index is -3.12. The molecule has 2 rings (SSSR count). The molecule has 4 heteroatoms. The van der Waals surface area contributed by atoms with Crippen molar-refractivity contribution in [2.75, 3.05) is 6.54 Å². The van der Waals surface area contributed by atoms with E-state index in [2.05, 4.69) is 5.32 Å². The predicted octanol–water partition coefficient (Wildman–Crippen LogP) is 1.01. The fourth-order valence-electron chi connectivity index (χ4n) is 1.54. The molecule has 1 atom stereocenters. The smallest absolute Gasteiger partial charge is 0.195 e. The number of hydrogen-bond donors (Lipinski definition) is 1. The van der Waals surface area contributed by atoms with Gasteiger partial charge >= 0.3 is 0 Å². The first-order chi connectivity index (χ1) is 6.51. The van der Waals surface area contributed by atoms with Crippen LogP contribution < -0.4 is 5.32 Å². The Morgan fingerprint density at radius 3 is 2.50 bits per heavy atom. The van der Waals surface area contributed by atoms with E-state index in [1.54, 1.807) is 6.07 Å². The molecule has 1 aromatic rings. The Hall–Kier alpha value is -0.870. The highest BCUT2D eigenvalue weighted by Gasteiger charge is 2.36. The summed E-state index contributed by atoms with van der Waals surface area (Å²) < 4.78 is 23.7. The Balaban J connectivity index is 2.51. The van der Waals surface area contributed by atoms with Gasteiger partial charge in [0.15, 0.2) is 9.84 Å². The first kappa shape index (κ1) is 9.68. The number of hydrogen-bond acceptors (Lipinski definition) is 3. The van der Waals surface area contributed by atoms with Crippen molar-refractivity contribution in [1.82, 2.24) is 5.32 Å². The van der Waals surface area contributed by atoms with Gasteiger partial charge in [-0.2, -0.15) is 0 Å². The van der Waals surface area contributed by atoms with Gasteiger partial charge in [0.2, 0.25) is 0 Å². The standard InChI is InChI=1S/C10H13NO2S/c1-7-3-4-9(8(2)5-7)14(12,13)10-6-11-10/h3-5,10-11H,6H2,1-2H3/t10-/m1/s1. The lowest BCUT2D eigenvalue weighted by Gasteiger charge is -2.06. The van der Waals surface area contributed by atoms with E-state index in [4.69, 9.17) is 0 Å². The molecule has 0 unspecified atom stereocenters. The molecule has 0 aliphatic carbocycles. The van der Waals surface area contributed by atoms with Gasteiger partial charge < -0.3 is 0 Å². The van der Waals surface area contributed by atoms with Crippen molar-refractivity contribution >= 4 is 9.84 Å². The number of rotatable bonds is 2. The lowest BCUT2D eigenvalue weighted by atomic mass is 10.2. The molecule has 1 aliphatic heterocycles. The number of aryl methyl sites for hydroxylation is 2. The van der Waals surface area contributed by atoms with Crippen molar-refractivity contribution in [3.63, 3.8) is 0 Å². The Morgan fingerprint density at radius 2 is 2.00 bits per heavy atom. The summed E-state index contributed by atoms with van der Waals surface area (Å²) >= 11 is 0. The Labute approximate surface area is 84.1 Å². The highest BCUT2D eigenvalue weighted by atomic mass is 32.2. The van der Waals surface area contributed by atoms with Crippen molar-refractivity contribution in [1.29, 1.82) is 0 Å². The predicted molar refractivity (Wildman–Crippen MR) is 54.9 cm³/mol. The van der Waals surface area contributed by atoms with E-state index in [0.717, 1.165) is 11.1 Å². The quantitative estimate of drug-likeness (QED) is 0.743. The van der Waals surface area contributed by atoms with Gasteiger partial charge in [-0.15, -0.1) is 0 Å². The van der Waals surface area contributed by atoms with Crippen LogP contribution in [0.1, 0.15) is 11.1 Å². The molecule has 1 aromatic carbocycles. The summed E-state index contributed by atoms with van der Waals surface area (Å²) in [4.78, 5) is 0.457. The molecule has 3 nitrogen and oxygen atoms in total. The molecule has 0 aromatic heterocycles. The Kier molecular flexibility index (Phi) is 2.12. The highest BCUT2D eigenvalue weighted by Crippen LogP contribution is 2.23. The van der Waals surface area contributed by atoms with Crippen LogP contribution in [0.5, 0.6) is 0 Å². The van der Waals surface area contributed by atoms with Crippen LogP contribution in [0.15, 0.2) is 23.1 Å². The molecule has 1 N–H and O–H groups in total. The van der Waals surface area contributed by atoms with E-state index in [0.29, 0.717) is 11.4 Å². The van der Waals surface area contributed by atoms with Crippen LogP contribution in [0.4, 0.5) is 0 Å². The molecule has 0 amide bonds. The lowest BCUT2D eigenvalue weighted by molar-refractivity contribution is 0.593. The third-order valence-electron chi connectivity index (χ3n) is 2.38. The Morgan fingerprint density at radius 1 is 1.36 bits per heavy atom. The van der Waals surface area contributed by atoms with E-state index < -0.39 is 9.84 Å². The number of sulfone groups is 1. The SMILES string of the molecule is Cc1ccc(S(=O)(=O)[C@@H]2CN2)c(C)c1. The zero-order valence-corrected chi connectivity index (χ0v) is 9.06. The van der Waals surface area contributed by atoms with Crippen LogP contribution >= 0.6 is 0 Å². The van der Waals surface area contributed by atoms with Crippen LogP contribution in [-0.2, 0) is 9.84 Å². The summed E-state index contributed by atoms with van der Waals surface area (Å²) in [6, 6.07) is 5.43. The maximum atomic E-state index is 11.9. The fourth-order valence-corrected chi connectivity index (χ4v) is 3.15. The molecule has 1 heterocycles. The second-order valence-corrected chi connectivity index (χ2v) is 5.81. The third kappa shape index (κ3) is 1.55. The van der Waals surface area contributed by atoms with Crippen LogP contribution in [0, 0.1) is 13.8 Å². The van der Waals surface area contributed by atoms with Crippen LogP contribution in [0.25, 0.3) is 0 Å². The topological polar surface area (TPSA) is 56.1 Å². The van der Waals surface area contributed by atoms with Crippen molar-refractivity contribution in [2.45, 2.75) is 24.1 Å². The molecule has 1 fully saturated rings. The maximum Gasteiger partial charge on any atom is 0.195 e. The first-order valence-corrected chi connectivity index (χ1v) is 6.11. The third-order valence-corrected chi connectivity index (χ3v) is 4.54. The molecule has 0 spiro atoms. The van der Waals surface area contributed by atoms with E-state index in [1.807, 2.05) is 26.0 Å². The molecule has 76 valence electrons. The van der Waals surface area contributed by atoms with E-state index in [9.17, 15) is 8.42 Å². The van der Waals surface area contributed by atoms with Crippen molar-refractivity contribution in [3.05, 3.63) is 29.3 Å². The second kappa shape index (κ2) is 3.07. The molecular weight excluding hydrogens is 198 g/mol. The van der Waals surface area contributed by atoms with Crippen molar-refractivity contribution < 1.29 is 8.42 Å². The van der Waals surface area contributed by atoms with E-state index in [1.165, 1.54) is 0 Å². The highest BCUT2D eigenvalue weighted by molar-refractivity contribution is 7.92. The van der Waals surface area contributed by atoms with E-state index in [-0.39, 0.29) is 5.37 Å². The van der Waals surface area contributed by atoms with Crippen LogP contribution in [-0.4, -0.2) is 20.3 Å². The van der Waals surface area contributed by atoms with Gasteiger partial charge in [0.1, 0.15) is 5.37 Å².